The molecule has 96 valence electrons. The summed E-state index contributed by atoms with van der Waals surface area (Å²) in [7, 11) is 0. The molecule has 0 spiro atoms. The molecule has 3 aromatic rings. The Morgan fingerprint density at radius 1 is 1.32 bits per heavy atom. The Kier molecular flexibility index (Phi) is 2.21. The van der Waals surface area contributed by atoms with Gasteiger partial charge in [-0.3, -0.25) is 0 Å². The fourth-order valence-corrected chi connectivity index (χ4v) is 2.30. The van der Waals surface area contributed by atoms with E-state index in [-0.39, 0.29) is 5.82 Å². The molecule has 0 amide bonds. The lowest BCUT2D eigenvalue weighted by atomic mass is 10.2. The molecule has 19 heavy (non-hydrogen) atoms. The SMILES string of the molecule is Fc1cccc2c1ccn2Cc1noc(C2CC2)n1. The molecule has 0 radical (unpaired) electrons. The van der Waals surface area contributed by atoms with Crippen LogP contribution in [0.1, 0.15) is 30.5 Å². The molecule has 2 heterocycles. The van der Waals surface area contributed by atoms with Crippen molar-refractivity contribution >= 4 is 10.9 Å². The average Bonchev–Trinajstić information content (AvgIpc) is 3.02. The van der Waals surface area contributed by atoms with Crippen molar-refractivity contribution in [3.05, 3.63) is 48.0 Å². The highest BCUT2D eigenvalue weighted by molar-refractivity contribution is 5.80. The number of hydrogen-bond acceptors (Lipinski definition) is 3. The van der Waals surface area contributed by atoms with Gasteiger partial charge >= 0.3 is 0 Å². The normalized spacial score (nSPS) is 15.2. The van der Waals surface area contributed by atoms with Crippen LogP contribution in [0.15, 0.2) is 35.0 Å². The molecule has 5 heteroatoms. The Morgan fingerprint density at radius 3 is 3.05 bits per heavy atom. The van der Waals surface area contributed by atoms with Gasteiger partial charge in [0.25, 0.3) is 0 Å². The third kappa shape index (κ3) is 1.82. The summed E-state index contributed by atoms with van der Waals surface area (Å²) in [5.41, 5.74) is 0.845. The van der Waals surface area contributed by atoms with E-state index in [1.807, 2.05) is 16.8 Å². The van der Waals surface area contributed by atoms with E-state index in [1.165, 1.54) is 6.07 Å². The second kappa shape index (κ2) is 3.91. The van der Waals surface area contributed by atoms with Crippen LogP contribution in [0.2, 0.25) is 0 Å². The van der Waals surface area contributed by atoms with Gasteiger partial charge in [-0.05, 0) is 31.0 Å². The summed E-state index contributed by atoms with van der Waals surface area (Å²) in [6, 6.07) is 6.83. The number of halogens is 1. The maximum atomic E-state index is 13.6. The molecule has 1 aliphatic rings. The first kappa shape index (κ1) is 10.7. The van der Waals surface area contributed by atoms with Crippen molar-refractivity contribution < 1.29 is 8.91 Å². The number of hydrogen-bond donors (Lipinski definition) is 0. The molecular formula is C14H12FN3O. The zero-order chi connectivity index (χ0) is 12.8. The summed E-state index contributed by atoms with van der Waals surface area (Å²) in [6.07, 6.45) is 4.12. The minimum absolute atomic E-state index is 0.206. The van der Waals surface area contributed by atoms with Crippen LogP contribution in [0.25, 0.3) is 10.9 Å². The zero-order valence-electron chi connectivity index (χ0n) is 10.2. The summed E-state index contributed by atoms with van der Waals surface area (Å²) in [5.74, 6) is 1.63. The number of nitrogens with zero attached hydrogens (tertiary/aromatic N) is 3. The minimum atomic E-state index is -0.206. The standard InChI is InChI=1S/C14H12FN3O/c15-11-2-1-3-12-10(11)6-7-18(12)8-13-16-14(19-17-13)9-4-5-9/h1-3,6-7,9H,4-5,8H2. The van der Waals surface area contributed by atoms with Crippen LogP contribution in [-0.4, -0.2) is 14.7 Å². The van der Waals surface area contributed by atoms with E-state index in [2.05, 4.69) is 10.1 Å². The van der Waals surface area contributed by atoms with Gasteiger partial charge in [-0.25, -0.2) is 4.39 Å². The molecule has 4 rings (SSSR count). The van der Waals surface area contributed by atoms with Crippen LogP contribution in [-0.2, 0) is 6.54 Å². The number of aromatic nitrogens is 3. The predicted molar refractivity (Wildman–Crippen MR) is 67.3 cm³/mol. The second-order valence-corrected chi connectivity index (χ2v) is 4.94. The summed E-state index contributed by atoms with van der Waals surface area (Å²) in [5, 5.41) is 4.60. The summed E-state index contributed by atoms with van der Waals surface area (Å²) in [4.78, 5) is 4.38. The first-order valence-corrected chi connectivity index (χ1v) is 6.37. The fraction of sp³-hybridized carbons (Fsp3) is 0.286. The van der Waals surface area contributed by atoms with E-state index in [4.69, 9.17) is 4.52 Å². The van der Waals surface area contributed by atoms with E-state index < -0.39 is 0 Å². The van der Waals surface area contributed by atoms with Gasteiger partial charge < -0.3 is 9.09 Å². The highest BCUT2D eigenvalue weighted by Gasteiger charge is 2.29. The molecule has 1 aromatic carbocycles. The van der Waals surface area contributed by atoms with Crippen molar-refractivity contribution in [1.82, 2.24) is 14.7 Å². The van der Waals surface area contributed by atoms with Gasteiger partial charge in [0, 0.05) is 17.5 Å². The number of benzene rings is 1. The van der Waals surface area contributed by atoms with E-state index in [0.717, 1.165) is 24.2 Å². The van der Waals surface area contributed by atoms with E-state index >= 15 is 0 Å². The van der Waals surface area contributed by atoms with Crippen LogP contribution < -0.4 is 0 Å². The van der Waals surface area contributed by atoms with Crippen molar-refractivity contribution in [2.75, 3.05) is 0 Å². The molecule has 0 atom stereocenters. The Bertz CT molecular complexity index is 742. The molecule has 1 saturated carbocycles. The maximum Gasteiger partial charge on any atom is 0.229 e. The van der Waals surface area contributed by atoms with Crippen molar-refractivity contribution in [2.45, 2.75) is 25.3 Å². The van der Waals surface area contributed by atoms with Gasteiger partial charge in [0.05, 0.1) is 12.1 Å². The van der Waals surface area contributed by atoms with E-state index in [9.17, 15) is 4.39 Å². The molecule has 0 unspecified atom stereocenters. The smallest absolute Gasteiger partial charge is 0.229 e. The molecule has 0 saturated heterocycles. The summed E-state index contributed by atoms with van der Waals surface area (Å²) in [6.45, 7) is 0.503. The average molecular weight is 257 g/mol. The largest absolute Gasteiger partial charge is 0.340 e. The molecule has 0 bridgehead atoms. The first-order valence-electron chi connectivity index (χ1n) is 6.37. The third-order valence-electron chi connectivity index (χ3n) is 3.48. The molecule has 4 nitrogen and oxygen atoms in total. The Hall–Kier alpha value is -2.17. The van der Waals surface area contributed by atoms with Crippen molar-refractivity contribution in [3.8, 4) is 0 Å². The monoisotopic (exact) mass is 257 g/mol. The van der Waals surface area contributed by atoms with Crippen molar-refractivity contribution in [2.24, 2.45) is 0 Å². The van der Waals surface area contributed by atoms with Crippen molar-refractivity contribution in [3.63, 3.8) is 0 Å². The quantitative estimate of drug-likeness (QED) is 0.724. The molecule has 0 aliphatic heterocycles. The highest BCUT2D eigenvalue weighted by atomic mass is 19.1. The van der Waals surface area contributed by atoms with Crippen LogP contribution in [0.4, 0.5) is 4.39 Å². The molecule has 2 aromatic heterocycles. The summed E-state index contributed by atoms with van der Waals surface area (Å²) >= 11 is 0. The molecular weight excluding hydrogens is 245 g/mol. The van der Waals surface area contributed by atoms with Crippen LogP contribution in [0, 0.1) is 5.82 Å². The van der Waals surface area contributed by atoms with Gasteiger partial charge in [-0.15, -0.1) is 0 Å². The lowest BCUT2D eigenvalue weighted by molar-refractivity contribution is 0.373. The first-order chi connectivity index (χ1) is 9.31. The topological polar surface area (TPSA) is 43.9 Å². The van der Waals surface area contributed by atoms with Crippen LogP contribution >= 0.6 is 0 Å². The van der Waals surface area contributed by atoms with Gasteiger partial charge in [-0.1, -0.05) is 11.2 Å². The van der Waals surface area contributed by atoms with Gasteiger partial charge in [0.1, 0.15) is 5.82 Å². The highest BCUT2D eigenvalue weighted by Crippen LogP contribution is 2.38. The minimum Gasteiger partial charge on any atom is -0.340 e. The van der Waals surface area contributed by atoms with E-state index in [0.29, 0.717) is 23.7 Å². The Morgan fingerprint density at radius 2 is 2.21 bits per heavy atom. The predicted octanol–water partition coefficient (Wildman–Crippen LogP) is 3.09. The summed E-state index contributed by atoms with van der Waals surface area (Å²) < 4.78 is 20.7. The zero-order valence-corrected chi connectivity index (χ0v) is 10.2. The Balaban J connectivity index is 1.68. The molecule has 1 fully saturated rings. The van der Waals surface area contributed by atoms with Crippen LogP contribution in [0.5, 0.6) is 0 Å². The second-order valence-electron chi connectivity index (χ2n) is 4.94. The maximum absolute atomic E-state index is 13.6. The van der Waals surface area contributed by atoms with Gasteiger partial charge in [-0.2, -0.15) is 4.98 Å². The Labute approximate surface area is 108 Å². The van der Waals surface area contributed by atoms with Crippen LogP contribution in [0.3, 0.4) is 0 Å². The number of rotatable bonds is 3. The number of fused-ring (bicyclic) bond motifs is 1. The van der Waals surface area contributed by atoms with E-state index in [1.54, 1.807) is 12.1 Å². The molecule has 0 N–H and O–H groups in total. The fourth-order valence-electron chi connectivity index (χ4n) is 2.30. The van der Waals surface area contributed by atoms with Crippen molar-refractivity contribution in [1.29, 1.82) is 0 Å². The molecule has 1 aliphatic carbocycles. The lowest BCUT2D eigenvalue weighted by Gasteiger charge is -2.01. The third-order valence-corrected chi connectivity index (χ3v) is 3.48. The van der Waals surface area contributed by atoms with Gasteiger partial charge in [0.15, 0.2) is 5.82 Å². The lowest BCUT2D eigenvalue weighted by Crippen LogP contribution is -2.00. The van der Waals surface area contributed by atoms with Gasteiger partial charge in [0.2, 0.25) is 5.89 Å².